The highest BCUT2D eigenvalue weighted by Crippen LogP contribution is 2.22. The standard InChI is InChI=1S/C12H19NO/c1-10-3-2-4-11(7-10)8-12-9-13-5-6-14-12/h2-3,7,11-13H,4-6,8-9H2,1H3. The van der Waals surface area contributed by atoms with Gasteiger partial charge in [-0.25, -0.2) is 0 Å². The van der Waals surface area contributed by atoms with E-state index in [4.69, 9.17) is 4.74 Å². The topological polar surface area (TPSA) is 21.3 Å². The van der Waals surface area contributed by atoms with Gasteiger partial charge in [0.15, 0.2) is 0 Å². The van der Waals surface area contributed by atoms with Crippen molar-refractivity contribution in [2.24, 2.45) is 5.92 Å². The molecule has 1 heterocycles. The molecule has 0 aromatic carbocycles. The minimum absolute atomic E-state index is 0.421. The first-order valence-electron chi connectivity index (χ1n) is 5.52. The first-order chi connectivity index (χ1) is 6.84. The van der Waals surface area contributed by atoms with Gasteiger partial charge >= 0.3 is 0 Å². The van der Waals surface area contributed by atoms with Crippen molar-refractivity contribution in [1.29, 1.82) is 0 Å². The van der Waals surface area contributed by atoms with Gasteiger partial charge in [-0.15, -0.1) is 0 Å². The monoisotopic (exact) mass is 193 g/mol. The van der Waals surface area contributed by atoms with Crippen LogP contribution in [0, 0.1) is 5.92 Å². The van der Waals surface area contributed by atoms with E-state index in [2.05, 4.69) is 30.5 Å². The Morgan fingerprint density at radius 2 is 2.50 bits per heavy atom. The van der Waals surface area contributed by atoms with Crippen LogP contribution in [0.5, 0.6) is 0 Å². The summed E-state index contributed by atoms with van der Waals surface area (Å²) in [6.07, 6.45) is 9.61. The number of morpholine rings is 1. The molecular weight excluding hydrogens is 174 g/mol. The van der Waals surface area contributed by atoms with Gasteiger partial charge in [-0.1, -0.05) is 23.8 Å². The van der Waals surface area contributed by atoms with E-state index in [-0.39, 0.29) is 0 Å². The van der Waals surface area contributed by atoms with E-state index in [1.807, 2.05) is 0 Å². The summed E-state index contributed by atoms with van der Waals surface area (Å²) in [5.74, 6) is 0.685. The van der Waals surface area contributed by atoms with Crippen LogP contribution < -0.4 is 5.32 Å². The van der Waals surface area contributed by atoms with Gasteiger partial charge in [0.1, 0.15) is 0 Å². The van der Waals surface area contributed by atoms with Crippen LogP contribution in [0.1, 0.15) is 19.8 Å². The molecule has 2 atom stereocenters. The summed E-state index contributed by atoms with van der Waals surface area (Å²) in [5.41, 5.74) is 1.39. The fourth-order valence-corrected chi connectivity index (χ4v) is 2.20. The zero-order chi connectivity index (χ0) is 9.80. The summed E-state index contributed by atoms with van der Waals surface area (Å²) in [4.78, 5) is 0. The van der Waals surface area contributed by atoms with Crippen LogP contribution in [0.3, 0.4) is 0 Å². The number of hydrogen-bond acceptors (Lipinski definition) is 2. The number of hydrogen-bond donors (Lipinski definition) is 1. The molecule has 2 rings (SSSR count). The Balaban J connectivity index is 1.82. The summed E-state index contributed by atoms with van der Waals surface area (Å²) >= 11 is 0. The normalized spacial score (nSPS) is 32.8. The third-order valence-corrected chi connectivity index (χ3v) is 2.89. The number of nitrogens with one attached hydrogen (secondary N) is 1. The highest BCUT2D eigenvalue weighted by Gasteiger charge is 2.18. The smallest absolute Gasteiger partial charge is 0.0705 e. The van der Waals surface area contributed by atoms with E-state index in [0.717, 1.165) is 26.1 Å². The third-order valence-electron chi connectivity index (χ3n) is 2.89. The molecule has 1 saturated heterocycles. The Morgan fingerprint density at radius 3 is 3.21 bits per heavy atom. The minimum atomic E-state index is 0.421. The second-order valence-corrected chi connectivity index (χ2v) is 4.24. The van der Waals surface area contributed by atoms with Crippen molar-refractivity contribution in [3.05, 3.63) is 23.8 Å². The number of allylic oxidation sites excluding steroid dienone is 4. The van der Waals surface area contributed by atoms with Gasteiger partial charge in [-0.05, 0) is 25.7 Å². The van der Waals surface area contributed by atoms with E-state index in [1.165, 1.54) is 12.0 Å². The average Bonchev–Trinajstić information content (AvgIpc) is 2.19. The van der Waals surface area contributed by atoms with Crippen molar-refractivity contribution in [1.82, 2.24) is 5.32 Å². The fraction of sp³-hybridized carbons (Fsp3) is 0.667. The van der Waals surface area contributed by atoms with Crippen molar-refractivity contribution < 1.29 is 4.74 Å². The van der Waals surface area contributed by atoms with E-state index in [9.17, 15) is 0 Å². The van der Waals surface area contributed by atoms with Gasteiger partial charge in [0.2, 0.25) is 0 Å². The largest absolute Gasteiger partial charge is 0.376 e. The lowest BCUT2D eigenvalue weighted by Gasteiger charge is -2.27. The van der Waals surface area contributed by atoms with Gasteiger partial charge in [0.25, 0.3) is 0 Å². The lowest BCUT2D eigenvalue weighted by atomic mass is 9.91. The molecule has 0 amide bonds. The Labute approximate surface area is 86.0 Å². The molecular formula is C12H19NO. The molecule has 0 radical (unpaired) electrons. The SMILES string of the molecule is CC1=CC(CC2CNCCO2)CC=C1. The summed E-state index contributed by atoms with van der Waals surface area (Å²) in [6.45, 7) is 5.07. The highest BCUT2D eigenvalue weighted by molar-refractivity contribution is 5.21. The van der Waals surface area contributed by atoms with E-state index >= 15 is 0 Å². The Bertz CT molecular complexity index is 239. The van der Waals surface area contributed by atoms with Crippen LogP contribution in [0.4, 0.5) is 0 Å². The molecule has 0 saturated carbocycles. The second kappa shape index (κ2) is 4.76. The van der Waals surface area contributed by atoms with Gasteiger partial charge in [0.05, 0.1) is 12.7 Å². The molecule has 2 aliphatic rings. The summed E-state index contributed by atoms with van der Waals surface area (Å²) in [5, 5.41) is 3.37. The average molecular weight is 193 g/mol. The second-order valence-electron chi connectivity index (χ2n) is 4.24. The van der Waals surface area contributed by atoms with Crippen LogP contribution in [0.2, 0.25) is 0 Å². The maximum atomic E-state index is 5.70. The molecule has 1 N–H and O–H groups in total. The summed E-state index contributed by atoms with van der Waals surface area (Å²) < 4.78 is 5.70. The fourth-order valence-electron chi connectivity index (χ4n) is 2.20. The summed E-state index contributed by atoms with van der Waals surface area (Å²) in [6, 6.07) is 0. The van der Waals surface area contributed by atoms with Gasteiger partial charge in [-0.3, -0.25) is 0 Å². The van der Waals surface area contributed by atoms with Gasteiger partial charge in [0, 0.05) is 13.1 Å². The molecule has 1 aliphatic carbocycles. The van der Waals surface area contributed by atoms with Crippen molar-refractivity contribution in [2.75, 3.05) is 19.7 Å². The van der Waals surface area contributed by atoms with Crippen LogP contribution in [0.15, 0.2) is 23.8 Å². The van der Waals surface area contributed by atoms with Crippen LogP contribution >= 0.6 is 0 Å². The van der Waals surface area contributed by atoms with E-state index in [0.29, 0.717) is 12.0 Å². The first-order valence-corrected chi connectivity index (χ1v) is 5.52. The maximum absolute atomic E-state index is 5.70. The molecule has 0 spiro atoms. The highest BCUT2D eigenvalue weighted by atomic mass is 16.5. The molecule has 0 aromatic rings. The van der Waals surface area contributed by atoms with Crippen molar-refractivity contribution in [3.63, 3.8) is 0 Å². The molecule has 2 heteroatoms. The van der Waals surface area contributed by atoms with Crippen LogP contribution in [0.25, 0.3) is 0 Å². The number of ether oxygens (including phenoxy) is 1. The zero-order valence-corrected chi connectivity index (χ0v) is 8.83. The molecule has 2 unspecified atom stereocenters. The Morgan fingerprint density at radius 1 is 1.57 bits per heavy atom. The maximum Gasteiger partial charge on any atom is 0.0705 e. The Kier molecular flexibility index (Phi) is 3.38. The van der Waals surface area contributed by atoms with Gasteiger partial charge in [-0.2, -0.15) is 0 Å². The van der Waals surface area contributed by atoms with Crippen LogP contribution in [-0.4, -0.2) is 25.8 Å². The van der Waals surface area contributed by atoms with Crippen molar-refractivity contribution in [2.45, 2.75) is 25.9 Å². The molecule has 14 heavy (non-hydrogen) atoms. The molecule has 2 nitrogen and oxygen atoms in total. The quantitative estimate of drug-likeness (QED) is 0.723. The minimum Gasteiger partial charge on any atom is -0.376 e. The summed E-state index contributed by atoms with van der Waals surface area (Å²) in [7, 11) is 0. The van der Waals surface area contributed by atoms with E-state index in [1.54, 1.807) is 0 Å². The predicted octanol–water partition coefficient (Wildman–Crippen LogP) is 1.89. The third kappa shape index (κ3) is 2.69. The molecule has 0 aromatic heterocycles. The molecule has 78 valence electrons. The van der Waals surface area contributed by atoms with Crippen LogP contribution in [-0.2, 0) is 4.74 Å². The molecule has 1 fully saturated rings. The molecule has 1 aliphatic heterocycles. The predicted molar refractivity (Wildman–Crippen MR) is 58.2 cm³/mol. The lowest BCUT2D eigenvalue weighted by molar-refractivity contribution is 0.0171. The van der Waals surface area contributed by atoms with Crippen molar-refractivity contribution >= 4 is 0 Å². The molecule has 0 bridgehead atoms. The zero-order valence-electron chi connectivity index (χ0n) is 8.83. The van der Waals surface area contributed by atoms with Crippen molar-refractivity contribution in [3.8, 4) is 0 Å². The lowest BCUT2D eigenvalue weighted by Crippen LogP contribution is -2.39. The number of rotatable bonds is 2. The van der Waals surface area contributed by atoms with E-state index < -0.39 is 0 Å². The Hall–Kier alpha value is -0.600. The first kappa shape index (κ1) is 9.94. The van der Waals surface area contributed by atoms with Gasteiger partial charge < -0.3 is 10.1 Å².